The normalized spacial score (nSPS) is 12.2. The molecule has 1 aromatic heterocycles. The zero-order chi connectivity index (χ0) is 13.2. The molecule has 0 unspecified atom stereocenters. The second kappa shape index (κ2) is 4.49. The molecule has 3 rings (SSSR count). The van der Waals surface area contributed by atoms with Crippen molar-refractivity contribution in [3.05, 3.63) is 42.2 Å². The Morgan fingerprint density at radius 1 is 1.16 bits per heavy atom. The monoisotopic (exact) mass is 259 g/mol. The molecule has 1 aliphatic heterocycles. The van der Waals surface area contributed by atoms with Crippen LogP contribution >= 0.6 is 0 Å². The zero-order valence-corrected chi connectivity index (χ0v) is 9.70. The van der Waals surface area contributed by atoms with Crippen molar-refractivity contribution >= 4 is 5.97 Å². The van der Waals surface area contributed by atoms with E-state index in [4.69, 9.17) is 19.3 Å². The number of benzene rings is 1. The van der Waals surface area contributed by atoms with Crippen LogP contribution in [0.2, 0.25) is 0 Å². The summed E-state index contributed by atoms with van der Waals surface area (Å²) in [5, 5.41) is 8.85. The summed E-state index contributed by atoms with van der Waals surface area (Å²) in [6.45, 7) is 0.192. The molecule has 0 aliphatic carbocycles. The third-order valence-electron chi connectivity index (χ3n) is 2.53. The largest absolute Gasteiger partial charge is 0.477 e. The molecule has 0 atom stereocenters. The molecule has 0 amide bonds. The van der Waals surface area contributed by atoms with Gasteiger partial charge in [-0.15, -0.1) is 0 Å². The van der Waals surface area contributed by atoms with Gasteiger partial charge in [-0.1, -0.05) is 0 Å². The number of carboxylic acid groups (broad SMARTS) is 1. The molecule has 2 heterocycles. The third-order valence-corrected chi connectivity index (χ3v) is 2.53. The standard InChI is InChI=1S/C13H9NO5/c15-13(16)10-5-9(3-4-14-10)19-8-1-2-11-12(6-8)18-7-17-11/h1-6H,7H2,(H,15,16). The number of aromatic nitrogens is 1. The minimum Gasteiger partial charge on any atom is -0.477 e. The van der Waals surface area contributed by atoms with Gasteiger partial charge in [0.2, 0.25) is 6.79 Å². The van der Waals surface area contributed by atoms with Crippen LogP contribution in [-0.2, 0) is 0 Å². The molecule has 0 bridgehead atoms. The molecule has 2 aromatic rings. The van der Waals surface area contributed by atoms with Crippen molar-refractivity contribution in [2.45, 2.75) is 0 Å². The molecule has 96 valence electrons. The first-order chi connectivity index (χ1) is 9.22. The van der Waals surface area contributed by atoms with Crippen molar-refractivity contribution in [3.8, 4) is 23.0 Å². The van der Waals surface area contributed by atoms with Crippen molar-refractivity contribution in [3.63, 3.8) is 0 Å². The fraction of sp³-hybridized carbons (Fsp3) is 0.0769. The molecule has 6 nitrogen and oxygen atoms in total. The number of fused-ring (bicyclic) bond motifs is 1. The highest BCUT2D eigenvalue weighted by molar-refractivity contribution is 5.85. The van der Waals surface area contributed by atoms with Crippen molar-refractivity contribution in [2.75, 3.05) is 6.79 Å². The maximum Gasteiger partial charge on any atom is 0.354 e. The van der Waals surface area contributed by atoms with Crippen molar-refractivity contribution in [1.29, 1.82) is 0 Å². The number of rotatable bonds is 3. The Bertz CT molecular complexity index is 641. The molecular weight excluding hydrogens is 250 g/mol. The lowest BCUT2D eigenvalue weighted by molar-refractivity contribution is 0.0690. The molecule has 6 heteroatoms. The lowest BCUT2D eigenvalue weighted by atomic mass is 10.3. The van der Waals surface area contributed by atoms with Crippen LogP contribution < -0.4 is 14.2 Å². The van der Waals surface area contributed by atoms with E-state index in [9.17, 15) is 4.79 Å². The van der Waals surface area contributed by atoms with Gasteiger partial charge in [-0.05, 0) is 18.2 Å². The van der Waals surface area contributed by atoms with Crippen LogP contribution in [0.15, 0.2) is 36.5 Å². The van der Waals surface area contributed by atoms with Crippen molar-refractivity contribution in [1.82, 2.24) is 4.98 Å². The highest BCUT2D eigenvalue weighted by atomic mass is 16.7. The summed E-state index contributed by atoms with van der Waals surface area (Å²) in [5.74, 6) is 1.09. The van der Waals surface area contributed by atoms with E-state index >= 15 is 0 Å². The van der Waals surface area contributed by atoms with Gasteiger partial charge in [0.05, 0.1) is 0 Å². The minimum atomic E-state index is -1.10. The number of carbonyl (C=O) groups is 1. The quantitative estimate of drug-likeness (QED) is 0.911. The molecule has 0 radical (unpaired) electrons. The van der Waals surface area contributed by atoms with Crippen molar-refractivity contribution in [2.24, 2.45) is 0 Å². The highest BCUT2D eigenvalue weighted by Crippen LogP contribution is 2.36. The lowest BCUT2D eigenvalue weighted by Crippen LogP contribution is -1.99. The predicted octanol–water partition coefficient (Wildman–Crippen LogP) is 2.30. The smallest absolute Gasteiger partial charge is 0.354 e. The maximum atomic E-state index is 10.8. The van der Waals surface area contributed by atoms with E-state index < -0.39 is 5.97 Å². The molecule has 0 saturated carbocycles. The lowest BCUT2D eigenvalue weighted by Gasteiger charge is -2.06. The van der Waals surface area contributed by atoms with Gasteiger partial charge in [0, 0.05) is 18.3 Å². The van der Waals surface area contributed by atoms with E-state index in [0.717, 1.165) is 0 Å². The topological polar surface area (TPSA) is 77.9 Å². The van der Waals surface area contributed by atoms with Crippen LogP contribution in [0.1, 0.15) is 10.5 Å². The Balaban J connectivity index is 1.85. The van der Waals surface area contributed by atoms with Crippen LogP contribution in [0.3, 0.4) is 0 Å². The van der Waals surface area contributed by atoms with Gasteiger partial charge in [-0.3, -0.25) is 0 Å². The van der Waals surface area contributed by atoms with Gasteiger partial charge in [0.15, 0.2) is 17.2 Å². The molecule has 0 saturated heterocycles. The number of carboxylic acids is 1. The summed E-state index contributed by atoms with van der Waals surface area (Å²) >= 11 is 0. The second-order valence-corrected chi connectivity index (χ2v) is 3.80. The fourth-order valence-electron chi connectivity index (χ4n) is 1.67. The molecule has 1 aliphatic rings. The van der Waals surface area contributed by atoms with Gasteiger partial charge < -0.3 is 19.3 Å². The summed E-state index contributed by atoms with van der Waals surface area (Å²) in [7, 11) is 0. The number of aromatic carboxylic acids is 1. The first kappa shape index (κ1) is 11.3. The number of ether oxygens (including phenoxy) is 3. The van der Waals surface area contributed by atoms with Gasteiger partial charge in [-0.25, -0.2) is 9.78 Å². The van der Waals surface area contributed by atoms with E-state index in [-0.39, 0.29) is 12.5 Å². The van der Waals surface area contributed by atoms with Crippen LogP contribution in [0.25, 0.3) is 0 Å². The minimum absolute atomic E-state index is 0.0711. The number of hydrogen-bond donors (Lipinski definition) is 1. The summed E-state index contributed by atoms with van der Waals surface area (Å²) in [5.41, 5.74) is -0.0711. The van der Waals surface area contributed by atoms with Gasteiger partial charge >= 0.3 is 5.97 Å². The molecule has 1 N–H and O–H groups in total. The molecule has 0 spiro atoms. The molecule has 0 fully saturated rings. The maximum absolute atomic E-state index is 10.8. The Morgan fingerprint density at radius 3 is 2.79 bits per heavy atom. The number of hydrogen-bond acceptors (Lipinski definition) is 5. The van der Waals surface area contributed by atoms with E-state index in [1.54, 1.807) is 24.3 Å². The predicted molar refractivity (Wildman–Crippen MR) is 63.8 cm³/mol. The van der Waals surface area contributed by atoms with Crippen LogP contribution in [0.4, 0.5) is 0 Å². The number of nitrogens with zero attached hydrogens (tertiary/aromatic N) is 1. The molecular formula is C13H9NO5. The van der Waals surface area contributed by atoms with Crippen LogP contribution in [0, 0.1) is 0 Å². The first-order valence-electron chi connectivity index (χ1n) is 5.49. The summed E-state index contributed by atoms with van der Waals surface area (Å²) < 4.78 is 16.0. The average molecular weight is 259 g/mol. The summed E-state index contributed by atoms with van der Waals surface area (Å²) in [6.07, 6.45) is 1.38. The van der Waals surface area contributed by atoms with Crippen LogP contribution in [-0.4, -0.2) is 22.9 Å². The van der Waals surface area contributed by atoms with E-state index in [1.807, 2.05) is 0 Å². The van der Waals surface area contributed by atoms with Gasteiger partial charge in [0.1, 0.15) is 11.5 Å². The average Bonchev–Trinajstić information content (AvgIpc) is 2.86. The Hall–Kier alpha value is -2.76. The first-order valence-corrected chi connectivity index (χ1v) is 5.49. The van der Waals surface area contributed by atoms with Crippen molar-refractivity contribution < 1.29 is 24.1 Å². The zero-order valence-electron chi connectivity index (χ0n) is 9.70. The molecule has 19 heavy (non-hydrogen) atoms. The Kier molecular flexibility index (Phi) is 2.68. The van der Waals surface area contributed by atoms with E-state index in [0.29, 0.717) is 23.0 Å². The highest BCUT2D eigenvalue weighted by Gasteiger charge is 2.14. The number of pyridine rings is 1. The Morgan fingerprint density at radius 2 is 1.95 bits per heavy atom. The fourth-order valence-corrected chi connectivity index (χ4v) is 1.67. The summed E-state index contributed by atoms with van der Waals surface area (Å²) in [4.78, 5) is 14.5. The van der Waals surface area contributed by atoms with Crippen LogP contribution in [0.5, 0.6) is 23.0 Å². The van der Waals surface area contributed by atoms with E-state index in [2.05, 4.69) is 4.98 Å². The Labute approximate surface area is 108 Å². The SMILES string of the molecule is O=C(O)c1cc(Oc2ccc3c(c2)OCO3)ccn1. The summed E-state index contributed by atoms with van der Waals surface area (Å²) in [6, 6.07) is 8.07. The van der Waals surface area contributed by atoms with Gasteiger partial charge in [0.25, 0.3) is 0 Å². The molecule has 1 aromatic carbocycles. The van der Waals surface area contributed by atoms with E-state index in [1.165, 1.54) is 12.3 Å². The second-order valence-electron chi connectivity index (χ2n) is 3.80. The third kappa shape index (κ3) is 2.28. The van der Waals surface area contributed by atoms with Gasteiger partial charge in [-0.2, -0.15) is 0 Å².